The Kier molecular flexibility index (Phi) is 4.31. The highest BCUT2D eigenvalue weighted by atomic mass is 19.3. The molecule has 2 aromatic rings. The summed E-state index contributed by atoms with van der Waals surface area (Å²) in [6, 6.07) is 3.83. The minimum Gasteiger partial charge on any atom is -0.431 e. The Morgan fingerprint density at radius 1 is 1.21 bits per heavy atom. The molecule has 0 spiro atoms. The first-order valence-electron chi connectivity index (χ1n) is 10.3. The Morgan fingerprint density at radius 3 is 2.72 bits per heavy atom. The van der Waals surface area contributed by atoms with Crippen molar-refractivity contribution < 1.29 is 13.5 Å². The van der Waals surface area contributed by atoms with Crippen molar-refractivity contribution in [2.24, 2.45) is 23.7 Å². The second kappa shape index (κ2) is 6.65. The summed E-state index contributed by atoms with van der Waals surface area (Å²) in [4.78, 5) is 6.48. The largest absolute Gasteiger partial charge is 0.431 e. The van der Waals surface area contributed by atoms with Crippen LogP contribution >= 0.6 is 0 Å². The molecule has 0 radical (unpaired) electrons. The van der Waals surface area contributed by atoms with Crippen LogP contribution in [-0.2, 0) is 0 Å². The molecule has 5 atom stereocenters. The fourth-order valence-corrected chi connectivity index (χ4v) is 5.86. The molecule has 0 bridgehead atoms. The summed E-state index contributed by atoms with van der Waals surface area (Å²) in [5, 5.41) is 4.80. The lowest BCUT2D eigenvalue weighted by atomic mass is 9.91. The van der Waals surface area contributed by atoms with Crippen LogP contribution in [0.1, 0.15) is 37.9 Å². The maximum absolute atomic E-state index is 12.7. The quantitative estimate of drug-likeness (QED) is 0.826. The van der Waals surface area contributed by atoms with E-state index in [-0.39, 0.29) is 17.6 Å². The van der Waals surface area contributed by atoms with Gasteiger partial charge in [-0.25, -0.2) is 4.98 Å². The van der Waals surface area contributed by atoms with Crippen molar-refractivity contribution in [2.45, 2.75) is 38.8 Å². The second-order valence-electron chi connectivity index (χ2n) is 9.13. The zero-order valence-corrected chi connectivity index (χ0v) is 16.9. The fraction of sp³-hybridized carbons (Fsp3) is 0.619. The van der Waals surface area contributed by atoms with Crippen molar-refractivity contribution in [3.8, 4) is 17.0 Å². The van der Waals surface area contributed by atoms with Gasteiger partial charge < -0.3 is 15.4 Å². The number of ether oxygens (including phenoxy) is 1. The Bertz CT molecular complexity index is 930. The number of nitrogens with two attached hydrogens (primary N) is 1. The van der Waals surface area contributed by atoms with Gasteiger partial charge in [-0.1, -0.05) is 0 Å². The van der Waals surface area contributed by atoms with E-state index in [9.17, 15) is 8.78 Å². The van der Waals surface area contributed by atoms with Gasteiger partial charge in [0, 0.05) is 42.5 Å². The molecule has 6 nitrogen and oxygen atoms in total. The van der Waals surface area contributed by atoms with Gasteiger partial charge >= 0.3 is 6.61 Å². The zero-order valence-electron chi connectivity index (χ0n) is 16.9. The van der Waals surface area contributed by atoms with Gasteiger partial charge in [0.25, 0.3) is 0 Å². The average Bonchev–Trinajstić information content (AvgIpc) is 2.98. The molecule has 0 unspecified atom stereocenters. The van der Waals surface area contributed by atoms with E-state index < -0.39 is 6.61 Å². The number of alkyl halides is 2. The van der Waals surface area contributed by atoms with Gasteiger partial charge in [0.05, 0.1) is 5.69 Å². The molecule has 2 aliphatic carbocycles. The van der Waals surface area contributed by atoms with Crippen LogP contribution in [0.4, 0.5) is 14.6 Å². The number of hydrogen-bond donors (Lipinski definition) is 1. The number of anilines is 1. The topological polar surface area (TPSA) is 69.2 Å². The summed E-state index contributed by atoms with van der Waals surface area (Å²) < 4.78 is 31.9. The average molecular weight is 403 g/mol. The lowest BCUT2D eigenvalue weighted by Gasteiger charge is -2.17. The molecule has 3 heterocycles. The van der Waals surface area contributed by atoms with E-state index in [1.54, 1.807) is 6.20 Å². The summed E-state index contributed by atoms with van der Waals surface area (Å²) in [6.07, 6.45) is 2.87. The molecule has 156 valence electrons. The zero-order chi connectivity index (χ0) is 20.4. The Morgan fingerprint density at radius 2 is 2.00 bits per heavy atom. The fourth-order valence-electron chi connectivity index (χ4n) is 5.86. The molecule has 2 saturated carbocycles. The first-order valence-corrected chi connectivity index (χ1v) is 10.3. The minimum atomic E-state index is -2.94. The summed E-state index contributed by atoms with van der Waals surface area (Å²) in [5.74, 6) is 3.51. The molecule has 1 aliphatic heterocycles. The van der Waals surface area contributed by atoms with Gasteiger partial charge in [0.1, 0.15) is 0 Å². The number of aromatic nitrogens is 3. The predicted molar refractivity (Wildman–Crippen MR) is 106 cm³/mol. The Hall–Kier alpha value is -2.22. The van der Waals surface area contributed by atoms with Crippen LogP contribution in [0.25, 0.3) is 11.3 Å². The predicted octanol–water partition coefficient (Wildman–Crippen LogP) is 3.62. The van der Waals surface area contributed by atoms with Crippen molar-refractivity contribution in [2.75, 3.05) is 25.9 Å². The molecule has 8 heteroatoms. The summed E-state index contributed by atoms with van der Waals surface area (Å²) >= 11 is 0. The van der Waals surface area contributed by atoms with Gasteiger partial charge in [0.15, 0.2) is 11.6 Å². The maximum atomic E-state index is 12.7. The number of nitrogens with zero attached hydrogens (tertiary/aromatic N) is 4. The number of rotatable bonds is 5. The first-order chi connectivity index (χ1) is 13.8. The molecular formula is C21H27F2N5O. The van der Waals surface area contributed by atoms with Gasteiger partial charge in [-0.3, -0.25) is 4.68 Å². The van der Waals surface area contributed by atoms with Crippen molar-refractivity contribution in [3.63, 3.8) is 0 Å². The van der Waals surface area contributed by atoms with E-state index >= 15 is 0 Å². The van der Waals surface area contributed by atoms with Gasteiger partial charge in [0.2, 0.25) is 0 Å². The van der Waals surface area contributed by atoms with Crippen molar-refractivity contribution in [1.29, 1.82) is 0 Å². The molecule has 2 aromatic heterocycles. The lowest BCUT2D eigenvalue weighted by Crippen LogP contribution is -2.15. The summed E-state index contributed by atoms with van der Waals surface area (Å²) in [6.45, 7) is 3.72. The number of hydrogen-bond acceptors (Lipinski definition) is 5. The number of nitrogen functional groups attached to an aromatic ring is 1. The SMILES string of the molecule is CC(C)n1nc(-c2cnc(N)c(OC(F)F)c2)cc1[C@H]1[C@@H]2C[C@H]3CN(C)C[C@H]3[C@@H]21. The van der Waals surface area contributed by atoms with Crippen LogP contribution in [0.2, 0.25) is 0 Å². The van der Waals surface area contributed by atoms with Crippen LogP contribution in [0.3, 0.4) is 0 Å². The molecule has 1 saturated heterocycles. The van der Waals surface area contributed by atoms with Gasteiger partial charge in [-0.15, -0.1) is 0 Å². The molecular weight excluding hydrogens is 376 g/mol. The first kappa shape index (κ1) is 18.8. The minimum absolute atomic E-state index is 0.0503. The smallest absolute Gasteiger partial charge is 0.387 e. The van der Waals surface area contributed by atoms with E-state index in [1.165, 1.54) is 31.3 Å². The third-order valence-electron chi connectivity index (χ3n) is 6.96. The van der Waals surface area contributed by atoms with E-state index in [0.29, 0.717) is 11.5 Å². The van der Waals surface area contributed by atoms with Crippen molar-refractivity contribution in [1.82, 2.24) is 19.7 Å². The van der Waals surface area contributed by atoms with E-state index in [0.717, 1.165) is 29.4 Å². The third kappa shape index (κ3) is 3.08. The highest BCUT2D eigenvalue weighted by Gasteiger charge is 2.64. The molecule has 3 fully saturated rings. The van der Waals surface area contributed by atoms with Crippen LogP contribution < -0.4 is 10.5 Å². The Balaban J connectivity index is 1.46. The van der Waals surface area contributed by atoms with Gasteiger partial charge in [-0.2, -0.15) is 13.9 Å². The number of halogens is 2. The number of fused-ring (bicyclic) bond motifs is 3. The molecule has 3 aliphatic rings. The molecule has 0 aromatic carbocycles. The lowest BCUT2D eigenvalue weighted by molar-refractivity contribution is -0.0494. The maximum Gasteiger partial charge on any atom is 0.387 e. The van der Waals surface area contributed by atoms with Crippen LogP contribution in [-0.4, -0.2) is 46.4 Å². The van der Waals surface area contributed by atoms with E-state index in [2.05, 4.69) is 46.3 Å². The van der Waals surface area contributed by atoms with Gasteiger partial charge in [-0.05, 0) is 63.1 Å². The molecule has 5 rings (SSSR count). The highest BCUT2D eigenvalue weighted by molar-refractivity contribution is 5.64. The van der Waals surface area contributed by atoms with E-state index in [1.807, 2.05) is 0 Å². The molecule has 0 amide bonds. The van der Waals surface area contributed by atoms with E-state index in [4.69, 9.17) is 10.8 Å². The monoisotopic (exact) mass is 403 g/mol. The van der Waals surface area contributed by atoms with Crippen LogP contribution in [0, 0.1) is 23.7 Å². The second-order valence-corrected chi connectivity index (χ2v) is 9.13. The standard InChI is InChI=1S/C21H27F2N5O/c1-10(2)28-16(19-13-4-12-8-27(3)9-14(12)18(13)19)6-15(26-28)11-5-17(29-21(22)23)20(24)25-7-11/h5-7,10,12-14,18-19,21H,4,8-9H2,1-3H3,(H2,24,25)/t12-,13+,14+,18+,19+/m0/s1. The third-order valence-corrected chi connectivity index (χ3v) is 6.96. The summed E-state index contributed by atoms with van der Waals surface area (Å²) in [5.41, 5.74) is 8.30. The summed E-state index contributed by atoms with van der Waals surface area (Å²) in [7, 11) is 2.22. The van der Waals surface area contributed by atoms with Crippen molar-refractivity contribution >= 4 is 5.82 Å². The number of pyridine rings is 1. The molecule has 2 N–H and O–H groups in total. The normalized spacial score (nSPS) is 30.8. The van der Waals surface area contributed by atoms with Crippen molar-refractivity contribution in [3.05, 3.63) is 24.0 Å². The highest BCUT2D eigenvalue weighted by Crippen LogP contribution is 2.68. The molecule has 29 heavy (non-hydrogen) atoms. The van der Waals surface area contributed by atoms with Crippen LogP contribution in [0.15, 0.2) is 18.3 Å². The van der Waals surface area contributed by atoms with Crippen LogP contribution in [0.5, 0.6) is 5.75 Å². The number of likely N-dealkylation sites (tertiary alicyclic amines) is 1. The Labute approximate surface area is 169 Å².